The Labute approximate surface area is 107 Å². The van der Waals surface area contributed by atoms with Gasteiger partial charge in [0.25, 0.3) is 5.91 Å². The minimum atomic E-state index is -0.0556. The Morgan fingerprint density at radius 3 is 2.78 bits per heavy atom. The molecule has 1 aliphatic rings. The Kier molecular flexibility index (Phi) is 3.61. The molecule has 2 rings (SSSR count). The highest BCUT2D eigenvalue weighted by Gasteiger charge is 2.31. The Morgan fingerprint density at radius 1 is 1.56 bits per heavy atom. The van der Waals surface area contributed by atoms with E-state index in [4.69, 9.17) is 10.5 Å². The average Bonchev–Trinajstić information content (AvgIpc) is 2.65. The average molecular weight is 251 g/mol. The summed E-state index contributed by atoms with van der Waals surface area (Å²) in [4.78, 5) is 12.2. The molecule has 1 heterocycles. The fourth-order valence-corrected chi connectivity index (χ4v) is 2.25. The lowest BCUT2D eigenvalue weighted by atomic mass is 9.89. The lowest BCUT2D eigenvalue weighted by molar-refractivity contribution is 0.0174. The van der Waals surface area contributed by atoms with E-state index < -0.39 is 0 Å². The minimum absolute atomic E-state index is 0.0556. The van der Waals surface area contributed by atoms with Crippen LogP contribution in [-0.2, 0) is 4.74 Å². The zero-order valence-corrected chi connectivity index (χ0v) is 11.1. The molecule has 0 aromatic carbocycles. The quantitative estimate of drug-likeness (QED) is 0.853. The van der Waals surface area contributed by atoms with Gasteiger partial charge in [-0.2, -0.15) is 0 Å². The van der Waals surface area contributed by atoms with Crippen molar-refractivity contribution in [2.75, 3.05) is 12.8 Å². The summed E-state index contributed by atoms with van der Waals surface area (Å²) in [6.45, 7) is 4.06. The number of hydrogen-bond donors (Lipinski definition) is 2. The molecule has 100 valence electrons. The number of carbonyl (C=O) groups excluding carboxylic acids is 1. The smallest absolute Gasteiger partial charge is 0.268 e. The summed E-state index contributed by atoms with van der Waals surface area (Å²) < 4.78 is 7.09. The van der Waals surface area contributed by atoms with Gasteiger partial charge >= 0.3 is 0 Å². The summed E-state index contributed by atoms with van der Waals surface area (Å²) in [5.74, 6) is -0.0556. The van der Waals surface area contributed by atoms with Gasteiger partial charge in [0.2, 0.25) is 0 Å². The maximum Gasteiger partial charge on any atom is 0.268 e. The van der Waals surface area contributed by atoms with Crippen LogP contribution in [0.2, 0.25) is 0 Å². The van der Waals surface area contributed by atoms with Crippen LogP contribution in [0, 0.1) is 0 Å². The molecule has 1 amide bonds. The number of nitrogens with two attached hydrogens (primary N) is 1. The van der Waals surface area contributed by atoms with Crippen LogP contribution >= 0.6 is 0 Å². The first kappa shape index (κ1) is 13.0. The summed E-state index contributed by atoms with van der Waals surface area (Å²) >= 11 is 0. The molecule has 0 unspecified atom stereocenters. The molecule has 1 aromatic rings. The molecular formula is C13H21N3O2. The van der Waals surface area contributed by atoms with Crippen LogP contribution in [0.5, 0.6) is 0 Å². The summed E-state index contributed by atoms with van der Waals surface area (Å²) in [6, 6.07) is 2.16. The van der Waals surface area contributed by atoms with Crippen molar-refractivity contribution in [2.45, 2.75) is 44.9 Å². The number of nitrogens with one attached hydrogen (secondary N) is 1. The van der Waals surface area contributed by atoms with Crippen molar-refractivity contribution in [3.05, 3.63) is 18.0 Å². The fourth-order valence-electron chi connectivity index (χ4n) is 2.25. The summed E-state index contributed by atoms with van der Waals surface area (Å²) in [6.07, 6.45) is 3.87. The highest BCUT2D eigenvalue weighted by atomic mass is 16.5. The Bertz CT molecular complexity index is 433. The van der Waals surface area contributed by atoms with Gasteiger partial charge in [-0.05, 0) is 32.8 Å². The highest BCUT2D eigenvalue weighted by Crippen LogP contribution is 2.23. The number of nitrogen functional groups attached to an aromatic ring is 1. The van der Waals surface area contributed by atoms with Crippen molar-refractivity contribution < 1.29 is 9.53 Å². The van der Waals surface area contributed by atoms with Crippen LogP contribution < -0.4 is 11.1 Å². The summed E-state index contributed by atoms with van der Waals surface area (Å²) in [5.41, 5.74) is 7.01. The van der Waals surface area contributed by atoms with Crippen LogP contribution in [0.1, 0.15) is 43.2 Å². The lowest BCUT2D eigenvalue weighted by Crippen LogP contribution is -2.47. The van der Waals surface area contributed by atoms with E-state index in [9.17, 15) is 4.79 Å². The Hall–Kier alpha value is -1.49. The van der Waals surface area contributed by atoms with E-state index in [1.807, 2.05) is 18.4 Å². The molecule has 0 aliphatic heterocycles. The molecular weight excluding hydrogens is 230 g/mol. The first-order valence-corrected chi connectivity index (χ1v) is 6.32. The zero-order chi connectivity index (χ0) is 13.3. The number of ether oxygens (including phenoxy) is 1. The molecule has 1 saturated carbocycles. The van der Waals surface area contributed by atoms with Crippen molar-refractivity contribution in [3.8, 4) is 0 Å². The van der Waals surface area contributed by atoms with Gasteiger partial charge in [0.1, 0.15) is 5.69 Å². The zero-order valence-electron chi connectivity index (χ0n) is 11.1. The second-order valence-electron chi connectivity index (χ2n) is 5.16. The van der Waals surface area contributed by atoms with Gasteiger partial charge in [0.15, 0.2) is 0 Å². The molecule has 1 aromatic heterocycles. The number of methoxy groups -OCH3 is 1. The van der Waals surface area contributed by atoms with Gasteiger partial charge in [-0.15, -0.1) is 0 Å². The number of amides is 1. The molecule has 0 radical (unpaired) electrons. The van der Waals surface area contributed by atoms with Crippen LogP contribution in [-0.4, -0.2) is 29.7 Å². The number of rotatable bonds is 4. The molecule has 5 heteroatoms. The number of aromatic nitrogens is 1. The third-order valence-corrected chi connectivity index (χ3v) is 3.42. The topological polar surface area (TPSA) is 69.3 Å². The summed E-state index contributed by atoms with van der Waals surface area (Å²) in [5, 5.41) is 3.01. The highest BCUT2D eigenvalue weighted by molar-refractivity contribution is 5.94. The van der Waals surface area contributed by atoms with Gasteiger partial charge in [0, 0.05) is 25.4 Å². The van der Waals surface area contributed by atoms with E-state index in [1.165, 1.54) is 0 Å². The standard InChI is InChI=1S/C13H21N3O2/c1-8(2)16-7-9(14)4-12(16)13(17)15-10-5-11(6-10)18-3/h4,7-8,10-11H,5-6,14H2,1-3H3,(H,15,17). The first-order valence-electron chi connectivity index (χ1n) is 6.32. The van der Waals surface area contributed by atoms with Crippen LogP contribution in [0.3, 0.4) is 0 Å². The van der Waals surface area contributed by atoms with E-state index in [2.05, 4.69) is 5.32 Å². The van der Waals surface area contributed by atoms with E-state index in [0.29, 0.717) is 11.4 Å². The summed E-state index contributed by atoms with van der Waals surface area (Å²) in [7, 11) is 1.70. The Balaban J connectivity index is 2.01. The molecule has 3 N–H and O–H groups in total. The van der Waals surface area contributed by atoms with Crippen LogP contribution in [0.25, 0.3) is 0 Å². The Morgan fingerprint density at radius 2 is 2.22 bits per heavy atom. The van der Waals surface area contributed by atoms with E-state index in [0.717, 1.165) is 12.8 Å². The maximum atomic E-state index is 12.2. The largest absolute Gasteiger partial charge is 0.397 e. The fraction of sp³-hybridized carbons (Fsp3) is 0.615. The van der Waals surface area contributed by atoms with Gasteiger partial charge in [0.05, 0.1) is 11.8 Å². The molecule has 5 nitrogen and oxygen atoms in total. The predicted molar refractivity (Wildman–Crippen MR) is 70.5 cm³/mol. The molecule has 0 saturated heterocycles. The second kappa shape index (κ2) is 5.02. The number of hydrogen-bond acceptors (Lipinski definition) is 3. The maximum absolute atomic E-state index is 12.2. The first-order chi connectivity index (χ1) is 8.51. The molecule has 0 spiro atoms. The van der Waals surface area contributed by atoms with Gasteiger partial charge in [-0.1, -0.05) is 0 Å². The number of anilines is 1. The van der Waals surface area contributed by atoms with Crippen molar-refractivity contribution >= 4 is 11.6 Å². The van der Waals surface area contributed by atoms with Crippen LogP contribution in [0.15, 0.2) is 12.3 Å². The van der Waals surface area contributed by atoms with Crippen LogP contribution in [0.4, 0.5) is 5.69 Å². The molecule has 0 atom stereocenters. The van der Waals surface area contributed by atoms with E-state index in [1.54, 1.807) is 19.4 Å². The predicted octanol–water partition coefficient (Wildman–Crippen LogP) is 1.56. The minimum Gasteiger partial charge on any atom is -0.397 e. The molecule has 1 fully saturated rings. The normalized spacial score (nSPS) is 22.9. The SMILES string of the molecule is COC1CC(NC(=O)c2cc(N)cn2C(C)C)C1. The van der Waals surface area contributed by atoms with Crippen molar-refractivity contribution in [1.82, 2.24) is 9.88 Å². The van der Waals surface area contributed by atoms with Crippen molar-refractivity contribution in [3.63, 3.8) is 0 Å². The number of carbonyl (C=O) groups is 1. The third kappa shape index (κ3) is 2.51. The monoisotopic (exact) mass is 251 g/mol. The third-order valence-electron chi connectivity index (χ3n) is 3.42. The lowest BCUT2D eigenvalue weighted by Gasteiger charge is -2.34. The second-order valence-corrected chi connectivity index (χ2v) is 5.16. The molecule has 18 heavy (non-hydrogen) atoms. The van der Waals surface area contributed by atoms with E-state index in [-0.39, 0.29) is 24.1 Å². The van der Waals surface area contributed by atoms with Gasteiger partial charge in [-0.3, -0.25) is 4.79 Å². The van der Waals surface area contributed by atoms with Crippen molar-refractivity contribution in [1.29, 1.82) is 0 Å². The molecule has 1 aliphatic carbocycles. The molecule has 0 bridgehead atoms. The van der Waals surface area contributed by atoms with Gasteiger partial charge < -0.3 is 20.4 Å². The number of nitrogens with zero attached hydrogens (tertiary/aromatic N) is 1. The van der Waals surface area contributed by atoms with E-state index >= 15 is 0 Å². The van der Waals surface area contributed by atoms with Crippen molar-refractivity contribution in [2.24, 2.45) is 0 Å². The van der Waals surface area contributed by atoms with Gasteiger partial charge in [-0.25, -0.2) is 0 Å².